The third-order valence-electron chi connectivity index (χ3n) is 3.85. The predicted octanol–water partition coefficient (Wildman–Crippen LogP) is 0.870. The van der Waals surface area contributed by atoms with Gasteiger partial charge < -0.3 is 10.2 Å². The van der Waals surface area contributed by atoms with E-state index in [4.69, 9.17) is 0 Å². The number of hydrogen-bond donors (Lipinski definition) is 1. The highest BCUT2D eigenvalue weighted by Gasteiger charge is 2.34. The normalized spacial score (nSPS) is 20.3. The van der Waals surface area contributed by atoms with Crippen molar-refractivity contribution < 1.29 is 12.8 Å². The summed E-state index contributed by atoms with van der Waals surface area (Å²) in [4.78, 5) is 1.77. The number of nitrogens with one attached hydrogen (secondary N) is 1. The lowest BCUT2D eigenvalue weighted by atomic mass is 10.2. The molecule has 0 spiro atoms. The summed E-state index contributed by atoms with van der Waals surface area (Å²) in [5, 5.41) is 2.91. The first kappa shape index (κ1) is 16.4. The maximum absolute atomic E-state index is 14.1. The summed E-state index contributed by atoms with van der Waals surface area (Å²) >= 11 is 0. The van der Waals surface area contributed by atoms with E-state index in [-0.39, 0.29) is 10.9 Å². The Morgan fingerprint density at radius 2 is 2.14 bits per heavy atom. The van der Waals surface area contributed by atoms with Gasteiger partial charge in [-0.25, -0.2) is 12.8 Å². The second-order valence-electron chi connectivity index (χ2n) is 5.56. The number of likely N-dealkylation sites (N-methyl/N-ethyl adjacent to an activating group) is 1. The molecule has 1 aromatic carbocycles. The van der Waals surface area contributed by atoms with Crippen molar-refractivity contribution in [2.75, 3.05) is 34.2 Å². The summed E-state index contributed by atoms with van der Waals surface area (Å²) in [5.74, 6) is -0.684. The molecule has 0 radical (unpaired) electrons. The van der Waals surface area contributed by atoms with E-state index in [0.29, 0.717) is 19.6 Å². The zero-order valence-corrected chi connectivity index (χ0v) is 13.5. The Bertz CT molecular complexity index is 604. The van der Waals surface area contributed by atoms with Crippen LogP contribution in [0.4, 0.5) is 4.39 Å². The summed E-state index contributed by atoms with van der Waals surface area (Å²) in [6, 6.07) is 4.47. The van der Waals surface area contributed by atoms with Crippen LogP contribution in [0.2, 0.25) is 0 Å². The maximum Gasteiger partial charge on any atom is 0.246 e. The lowest BCUT2D eigenvalue weighted by Gasteiger charge is -2.20. The van der Waals surface area contributed by atoms with Gasteiger partial charge in [0.2, 0.25) is 10.0 Å². The Hall–Kier alpha value is -1.02. The van der Waals surface area contributed by atoms with Crippen LogP contribution in [0, 0.1) is 5.82 Å². The van der Waals surface area contributed by atoms with E-state index in [1.165, 1.54) is 16.4 Å². The molecule has 118 valence electrons. The van der Waals surface area contributed by atoms with Crippen LogP contribution in [0.1, 0.15) is 12.0 Å². The van der Waals surface area contributed by atoms with Crippen molar-refractivity contribution in [3.05, 3.63) is 29.6 Å². The van der Waals surface area contributed by atoms with Gasteiger partial charge in [0.25, 0.3) is 0 Å². The molecule has 7 heteroatoms. The Labute approximate surface area is 125 Å². The van der Waals surface area contributed by atoms with Crippen LogP contribution in [-0.4, -0.2) is 57.9 Å². The molecule has 1 N–H and O–H groups in total. The topological polar surface area (TPSA) is 52.7 Å². The highest BCUT2D eigenvalue weighted by Crippen LogP contribution is 2.25. The van der Waals surface area contributed by atoms with E-state index < -0.39 is 15.8 Å². The van der Waals surface area contributed by atoms with Crippen LogP contribution >= 0.6 is 0 Å². The number of rotatable bonds is 5. The van der Waals surface area contributed by atoms with Crippen molar-refractivity contribution in [1.29, 1.82) is 0 Å². The third-order valence-corrected chi connectivity index (χ3v) is 5.75. The highest BCUT2D eigenvalue weighted by molar-refractivity contribution is 7.89. The number of halogens is 1. The van der Waals surface area contributed by atoms with Gasteiger partial charge in [-0.3, -0.25) is 0 Å². The molecule has 1 aliphatic rings. The first-order valence-corrected chi connectivity index (χ1v) is 8.40. The standard InChI is InChI=1S/C14H22FN3O2S/c1-16-9-11-4-5-14(13(15)8-11)21(19,20)18-7-6-12(10-18)17(2)3/h4-5,8,12,16H,6-7,9-10H2,1-3H3. The van der Waals surface area contributed by atoms with Crippen LogP contribution in [0.3, 0.4) is 0 Å². The minimum Gasteiger partial charge on any atom is -0.316 e. The minimum absolute atomic E-state index is 0.186. The average molecular weight is 315 g/mol. The molecule has 1 atom stereocenters. The Morgan fingerprint density at radius 1 is 1.43 bits per heavy atom. The van der Waals surface area contributed by atoms with Crippen molar-refractivity contribution >= 4 is 10.0 Å². The second kappa shape index (κ2) is 6.39. The maximum atomic E-state index is 14.1. The molecule has 21 heavy (non-hydrogen) atoms. The van der Waals surface area contributed by atoms with Crippen molar-refractivity contribution in [3.63, 3.8) is 0 Å². The summed E-state index contributed by atoms with van der Waals surface area (Å²) < 4.78 is 40.6. The van der Waals surface area contributed by atoms with Gasteiger partial charge in [0.05, 0.1) is 0 Å². The van der Waals surface area contributed by atoms with Crippen LogP contribution in [0.15, 0.2) is 23.1 Å². The molecule has 5 nitrogen and oxygen atoms in total. The minimum atomic E-state index is -3.76. The Kier molecular flexibility index (Phi) is 4.98. The van der Waals surface area contributed by atoms with Crippen LogP contribution < -0.4 is 5.32 Å². The fourth-order valence-corrected chi connectivity index (χ4v) is 4.09. The van der Waals surface area contributed by atoms with Crippen LogP contribution in [0.25, 0.3) is 0 Å². The van der Waals surface area contributed by atoms with Gasteiger partial charge in [-0.2, -0.15) is 4.31 Å². The number of nitrogens with zero attached hydrogens (tertiary/aromatic N) is 2. The molecule has 0 aromatic heterocycles. The molecule has 1 fully saturated rings. The molecule has 1 saturated heterocycles. The quantitative estimate of drug-likeness (QED) is 0.876. The summed E-state index contributed by atoms with van der Waals surface area (Å²) in [6.45, 7) is 1.35. The largest absolute Gasteiger partial charge is 0.316 e. The lowest BCUT2D eigenvalue weighted by Crippen LogP contribution is -2.34. The van der Waals surface area contributed by atoms with Gasteiger partial charge in [-0.15, -0.1) is 0 Å². The smallest absolute Gasteiger partial charge is 0.246 e. The first-order chi connectivity index (χ1) is 9.86. The molecule has 0 saturated carbocycles. The van der Waals surface area contributed by atoms with Crippen LogP contribution in [-0.2, 0) is 16.6 Å². The van der Waals surface area contributed by atoms with E-state index in [1.54, 1.807) is 13.1 Å². The fourth-order valence-electron chi connectivity index (χ4n) is 2.56. The van der Waals surface area contributed by atoms with E-state index in [2.05, 4.69) is 5.32 Å². The molecule has 0 bridgehead atoms. The van der Waals surface area contributed by atoms with Crippen molar-refractivity contribution in [2.24, 2.45) is 0 Å². The van der Waals surface area contributed by atoms with Gasteiger partial charge in [-0.05, 0) is 45.3 Å². The van der Waals surface area contributed by atoms with E-state index in [9.17, 15) is 12.8 Å². The second-order valence-corrected chi connectivity index (χ2v) is 7.47. The molecule has 1 aromatic rings. The summed E-state index contributed by atoms with van der Waals surface area (Å²) in [6.07, 6.45) is 0.770. The van der Waals surface area contributed by atoms with Crippen molar-refractivity contribution in [2.45, 2.75) is 23.9 Å². The zero-order chi connectivity index (χ0) is 15.6. The van der Waals surface area contributed by atoms with Gasteiger partial charge in [0.15, 0.2) is 0 Å². The van der Waals surface area contributed by atoms with E-state index in [1.807, 2.05) is 19.0 Å². The van der Waals surface area contributed by atoms with Crippen LogP contribution in [0.5, 0.6) is 0 Å². The molecule has 1 heterocycles. The highest BCUT2D eigenvalue weighted by atomic mass is 32.2. The van der Waals surface area contributed by atoms with Gasteiger partial charge >= 0.3 is 0 Å². The summed E-state index contributed by atoms with van der Waals surface area (Å²) in [7, 11) is 1.85. The summed E-state index contributed by atoms with van der Waals surface area (Å²) in [5.41, 5.74) is 0.724. The molecule has 1 unspecified atom stereocenters. The van der Waals surface area contributed by atoms with E-state index in [0.717, 1.165) is 12.0 Å². The number of benzene rings is 1. The molecule has 0 aliphatic carbocycles. The average Bonchev–Trinajstić information content (AvgIpc) is 2.89. The fraction of sp³-hybridized carbons (Fsp3) is 0.571. The molecule has 0 amide bonds. The van der Waals surface area contributed by atoms with Gasteiger partial charge in [-0.1, -0.05) is 6.07 Å². The predicted molar refractivity (Wildman–Crippen MR) is 80.0 cm³/mol. The van der Waals surface area contributed by atoms with Crippen molar-refractivity contribution in [1.82, 2.24) is 14.5 Å². The molecule has 1 aliphatic heterocycles. The SMILES string of the molecule is CNCc1ccc(S(=O)(=O)N2CCC(N(C)C)C2)c(F)c1. The van der Waals surface area contributed by atoms with Gasteiger partial charge in [0.1, 0.15) is 10.7 Å². The molecular weight excluding hydrogens is 293 g/mol. The monoisotopic (exact) mass is 315 g/mol. The number of hydrogen-bond acceptors (Lipinski definition) is 4. The Morgan fingerprint density at radius 3 is 2.67 bits per heavy atom. The Balaban J connectivity index is 2.24. The lowest BCUT2D eigenvalue weighted by molar-refractivity contribution is 0.302. The van der Waals surface area contributed by atoms with E-state index >= 15 is 0 Å². The van der Waals surface area contributed by atoms with Gasteiger partial charge in [0, 0.05) is 25.7 Å². The zero-order valence-electron chi connectivity index (χ0n) is 12.6. The molecular formula is C14H22FN3O2S. The van der Waals surface area contributed by atoms with Crippen molar-refractivity contribution in [3.8, 4) is 0 Å². The first-order valence-electron chi connectivity index (χ1n) is 6.96. The third kappa shape index (κ3) is 3.42. The number of sulfonamides is 1. The molecule has 2 rings (SSSR count).